The van der Waals surface area contributed by atoms with E-state index in [-0.39, 0.29) is 11.7 Å². The number of Topliss-reactive ketones (excluding diaryl/α,β-unsaturated/α-hetero) is 1. The molecule has 1 aromatic heterocycles. The highest BCUT2D eigenvalue weighted by atomic mass is 32.1. The summed E-state index contributed by atoms with van der Waals surface area (Å²) >= 11 is 1.56. The zero-order valence-electron chi connectivity index (χ0n) is 11.9. The molecule has 0 saturated heterocycles. The third kappa shape index (κ3) is 2.83. The first-order valence-corrected chi connectivity index (χ1v) is 8.23. The highest BCUT2D eigenvalue weighted by Crippen LogP contribution is 2.52. The summed E-state index contributed by atoms with van der Waals surface area (Å²) in [5, 5.41) is 4.57. The first-order chi connectivity index (χ1) is 9.72. The molecule has 1 aromatic rings. The zero-order valence-corrected chi connectivity index (χ0v) is 12.7. The predicted molar refractivity (Wildman–Crippen MR) is 82.7 cm³/mol. The first kappa shape index (κ1) is 13.9. The van der Waals surface area contributed by atoms with Crippen molar-refractivity contribution in [3.8, 4) is 0 Å². The van der Waals surface area contributed by atoms with E-state index in [9.17, 15) is 4.79 Å². The molecule has 3 rings (SSSR count). The number of methoxy groups -OCH3 is 1. The Morgan fingerprint density at radius 2 is 2.15 bits per heavy atom. The van der Waals surface area contributed by atoms with E-state index in [2.05, 4.69) is 5.32 Å². The number of hydrogen-bond donors (Lipinski definition) is 2. The van der Waals surface area contributed by atoms with Crippen LogP contribution in [-0.4, -0.2) is 26.0 Å². The number of carbonyl (C=O) groups is 1. The molecule has 110 valence electrons. The van der Waals surface area contributed by atoms with Crippen LogP contribution in [-0.2, 0) is 4.74 Å². The fourth-order valence-corrected chi connectivity index (χ4v) is 3.75. The van der Waals surface area contributed by atoms with E-state index in [0.717, 1.165) is 48.0 Å². The van der Waals surface area contributed by atoms with Crippen molar-refractivity contribution in [2.24, 2.45) is 5.92 Å². The Hall–Kier alpha value is -1.07. The molecule has 0 bridgehead atoms. The maximum absolute atomic E-state index is 12.3. The van der Waals surface area contributed by atoms with Crippen molar-refractivity contribution in [3.05, 3.63) is 10.4 Å². The molecule has 2 fully saturated rings. The number of hydrogen-bond acceptors (Lipinski definition) is 5. The van der Waals surface area contributed by atoms with Gasteiger partial charge in [0.25, 0.3) is 0 Å². The molecule has 0 spiro atoms. The molecule has 2 aliphatic carbocycles. The van der Waals surface area contributed by atoms with Crippen LogP contribution in [0, 0.1) is 5.92 Å². The van der Waals surface area contributed by atoms with E-state index >= 15 is 0 Å². The molecule has 4 nitrogen and oxygen atoms in total. The van der Waals surface area contributed by atoms with Gasteiger partial charge in [0.2, 0.25) is 0 Å². The summed E-state index contributed by atoms with van der Waals surface area (Å²) in [7, 11) is 1.71. The summed E-state index contributed by atoms with van der Waals surface area (Å²) in [4.78, 5) is 13.1. The van der Waals surface area contributed by atoms with E-state index in [1.54, 1.807) is 18.4 Å². The molecular formula is C15H22N2O2S. The quantitative estimate of drug-likeness (QED) is 0.570. The lowest BCUT2D eigenvalue weighted by molar-refractivity contribution is 0.0972. The van der Waals surface area contributed by atoms with Crippen molar-refractivity contribution < 1.29 is 9.53 Å². The van der Waals surface area contributed by atoms with Crippen LogP contribution in [0.5, 0.6) is 0 Å². The number of anilines is 2. The van der Waals surface area contributed by atoms with Gasteiger partial charge in [0.1, 0.15) is 0 Å². The molecule has 5 heteroatoms. The van der Waals surface area contributed by atoms with Crippen LogP contribution in [0.1, 0.15) is 53.3 Å². The number of carbonyl (C=O) groups excluding carboxylic acids is 1. The van der Waals surface area contributed by atoms with Crippen LogP contribution in [0.4, 0.5) is 10.7 Å². The van der Waals surface area contributed by atoms with E-state index < -0.39 is 0 Å². The van der Waals surface area contributed by atoms with Gasteiger partial charge in [-0.05, 0) is 38.0 Å². The van der Waals surface area contributed by atoms with Gasteiger partial charge in [-0.2, -0.15) is 0 Å². The Morgan fingerprint density at radius 3 is 2.75 bits per heavy atom. The molecule has 1 heterocycles. The molecular weight excluding hydrogens is 272 g/mol. The van der Waals surface area contributed by atoms with Crippen LogP contribution >= 0.6 is 11.3 Å². The van der Waals surface area contributed by atoms with Crippen LogP contribution in [0.2, 0.25) is 0 Å². The maximum atomic E-state index is 12.3. The van der Waals surface area contributed by atoms with Gasteiger partial charge in [-0.3, -0.25) is 4.79 Å². The minimum Gasteiger partial charge on any atom is -0.397 e. The van der Waals surface area contributed by atoms with E-state index in [1.807, 2.05) is 0 Å². The molecule has 0 aliphatic heterocycles. The molecule has 0 radical (unpaired) electrons. The zero-order chi connectivity index (χ0) is 14.1. The third-order valence-corrected chi connectivity index (χ3v) is 5.15. The normalized spacial score (nSPS) is 18.2. The van der Waals surface area contributed by atoms with Crippen molar-refractivity contribution >= 4 is 27.8 Å². The highest BCUT2D eigenvalue weighted by molar-refractivity contribution is 7.18. The summed E-state index contributed by atoms with van der Waals surface area (Å²) in [6.45, 7) is 1.62. The van der Waals surface area contributed by atoms with Crippen molar-refractivity contribution in [2.75, 3.05) is 31.3 Å². The smallest absolute Gasteiger partial charge is 0.178 e. The average molecular weight is 294 g/mol. The van der Waals surface area contributed by atoms with Crippen molar-refractivity contribution in [1.82, 2.24) is 0 Å². The number of ether oxygens (including phenoxy) is 1. The number of ketones is 1. The topological polar surface area (TPSA) is 64.3 Å². The number of nitrogen functional groups attached to an aromatic ring is 1. The molecule has 2 aliphatic rings. The third-order valence-electron chi connectivity index (χ3n) is 3.95. The first-order valence-electron chi connectivity index (χ1n) is 7.41. The van der Waals surface area contributed by atoms with Crippen LogP contribution in [0.25, 0.3) is 0 Å². The number of nitrogens with two attached hydrogens (primary N) is 1. The summed E-state index contributed by atoms with van der Waals surface area (Å²) in [5.41, 5.74) is 8.23. The number of thiophene rings is 1. The SMILES string of the molecule is COCCCNc1sc(C(=O)C2CC2)c(N)c1C1CC1. The summed E-state index contributed by atoms with van der Waals surface area (Å²) in [6, 6.07) is 0. The van der Waals surface area contributed by atoms with Gasteiger partial charge in [0.05, 0.1) is 15.6 Å². The Bertz CT molecular complexity index is 504. The fourth-order valence-electron chi connectivity index (χ4n) is 2.50. The molecule has 0 aromatic carbocycles. The average Bonchev–Trinajstić information content (AvgIpc) is 3.32. The number of rotatable bonds is 8. The van der Waals surface area contributed by atoms with Gasteiger partial charge in [-0.15, -0.1) is 11.3 Å². The minimum atomic E-state index is 0.240. The van der Waals surface area contributed by atoms with E-state index in [4.69, 9.17) is 10.5 Å². The second-order valence-electron chi connectivity index (χ2n) is 5.77. The van der Waals surface area contributed by atoms with E-state index in [0.29, 0.717) is 5.92 Å². The summed E-state index contributed by atoms with van der Waals surface area (Å²) < 4.78 is 5.06. The van der Waals surface area contributed by atoms with E-state index in [1.165, 1.54) is 18.4 Å². The monoisotopic (exact) mass is 294 g/mol. The standard InChI is InChI=1S/C15H22N2O2S/c1-19-8-2-7-17-15-11(9-3-4-9)12(16)14(20-15)13(18)10-5-6-10/h9-10,17H,2-8,16H2,1H3. The molecule has 0 atom stereocenters. The minimum absolute atomic E-state index is 0.240. The summed E-state index contributed by atoms with van der Waals surface area (Å²) in [5.74, 6) is 1.07. The lowest BCUT2D eigenvalue weighted by Crippen LogP contribution is -2.05. The lowest BCUT2D eigenvalue weighted by Gasteiger charge is -2.06. The van der Waals surface area contributed by atoms with Crippen molar-refractivity contribution in [2.45, 2.75) is 38.0 Å². The Morgan fingerprint density at radius 1 is 1.40 bits per heavy atom. The van der Waals surface area contributed by atoms with Gasteiger partial charge in [-0.1, -0.05) is 0 Å². The Labute approximate surface area is 123 Å². The Kier molecular flexibility index (Phi) is 3.98. The van der Waals surface area contributed by atoms with Crippen molar-refractivity contribution in [3.63, 3.8) is 0 Å². The number of nitrogens with one attached hydrogen (secondary N) is 1. The Balaban J connectivity index is 1.76. The second kappa shape index (κ2) is 5.74. The molecule has 20 heavy (non-hydrogen) atoms. The van der Waals surface area contributed by atoms with Gasteiger partial charge in [-0.25, -0.2) is 0 Å². The predicted octanol–water partition coefficient (Wildman–Crippen LogP) is 3.25. The van der Waals surface area contributed by atoms with Gasteiger partial charge < -0.3 is 15.8 Å². The molecule has 3 N–H and O–H groups in total. The molecule has 0 amide bonds. The molecule has 2 saturated carbocycles. The molecule has 0 unspecified atom stereocenters. The van der Waals surface area contributed by atoms with Crippen LogP contribution in [0.3, 0.4) is 0 Å². The lowest BCUT2D eigenvalue weighted by atomic mass is 10.1. The van der Waals surface area contributed by atoms with Gasteiger partial charge in [0, 0.05) is 31.7 Å². The fraction of sp³-hybridized carbons (Fsp3) is 0.667. The summed E-state index contributed by atoms with van der Waals surface area (Å²) in [6.07, 6.45) is 5.43. The van der Waals surface area contributed by atoms with Crippen LogP contribution < -0.4 is 11.1 Å². The van der Waals surface area contributed by atoms with Crippen LogP contribution in [0.15, 0.2) is 0 Å². The maximum Gasteiger partial charge on any atom is 0.178 e. The van der Waals surface area contributed by atoms with Gasteiger partial charge in [0.15, 0.2) is 5.78 Å². The second-order valence-corrected chi connectivity index (χ2v) is 6.79. The highest BCUT2D eigenvalue weighted by Gasteiger charge is 2.37. The van der Waals surface area contributed by atoms with Crippen molar-refractivity contribution in [1.29, 1.82) is 0 Å². The largest absolute Gasteiger partial charge is 0.397 e. The van der Waals surface area contributed by atoms with Gasteiger partial charge >= 0.3 is 0 Å².